The first kappa shape index (κ1) is 12.0. The van der Waals surface area contributed by atoms with Gasteiger partial charge in [-0.05, 0) is 26.9 Å². The minimum atomic E-state index is -0.803. The smallest absolute Gasteiger partial charge is 0.308 e. The van der Waals surface area contributed by atoms with Gasteiger partial charge in [-0.15, -0.1) is 0 Å². The molecule has 0 aromatic carbocycles. The zero-order valence-electron chi connectivity index (χ0n) is 9.19. The SMILES string of the molecule is CN(C)CC(=O)NC1CCCC1C(=O)O. The van der Waals surface area contributed by atoms with Gasteiger partial charge in [-0.3, -0.25) is 9.59 Å². The third kappa shape index (κ3) is 3.51. The number of nitrogens with one attached hydrogen (secondary N) is 1. The second kappa shape index (κ2) is 5.11. The maximum Gasteiger partial charge on any atom is 0.308 e. The summed E-state index contributed by atoms with van der Waals surface area (Å²) in [5.41, 5.74) is 0. The van der Waals surface area contributed by atoms with Crippen LogP contribution in [0.15, 0.2) is 0 Å². The minimum Gasteiger partial charge on any atom is -0.481 e. The molecule has 0 bridgehead atoms. The topological polar surface area (TPSA) is 69.6 Å². The number of amides is 1. The molecule has 0 saturated heterocycles. The number of carboxylic acid groups (broad SMARTS) is 1. The van der Waals surface area contributed by atoms with Crippen molar-refractivity contribution in [2.24, 2.45) is 5.92 Å². The van der Waals surface area contributed by atoms with Crippen LogP contribution in [0, 0.1) is 5.92 Å². The standard InChI is InChI=1S/C10H18N2O3/c1-12(2)6-9(13)11-8-5-3-4-7(8)10(14)15/h7-8H,3-6H2,1-2H3,(H,11,13)(H,14,15). The van der Waals surface area contributed by atoms with E-state index in [4.69, 9.17) is 5.11 Å². The van der Waals surface area contributed by atoms with E-state index in [1.54, 1.807) is 4.90 Å². The maximum absolute atomic E-state index is 11.4. The molecule has 0 aromatic heterocycles. The van der Waals surface area contributed by atoms with Gasteiger partial charge in [0.1, 0.15) is 0 Å². The Kier molecular flexibility index (Phi) is 4.08. The Morgan fingerprint density at radius 3 is 2.60 bits per heavy atom. The predicted molar refractivity (Wildman–Crippen MR) is 55.5 cm³/mol. The zero-order chi connectivity index (χ0) is 11.4. The van der Waals surface area contributed by atoms with Gasteiger partial charge in [-0.2, -0.15) is 0 Å². The molecule has 0 radical (unpaired) electrons. The third-order valence-electron chi connectivity index (χ3n) is 2.64. The lowest BCUT2D eigenvalue weighted by Crippen LogP contribution is -2.43. The van der Waals surface area contributed by atoms with Crippen molar-refractivity contribution < 1.29 is 14.7 Å². The number of aliphatic carboxylic acids is 1. The Hall–Kier alpha value is -1.10. The van der Waals surface area contributed by atoms with Crippen molar-refractivity contribution >= 4 is 11.9 Å². The highest BCUT2D eigenvalue weighted by Crippen LogP contribution is 2.25. The lowest BCUT2D eigenvalue weighted by Gasteiger charge is -2.18. The summed E-state index contributed by atoms with van der Waals surface area (Å²) in [5.74, 6) is -1.31. The predicted octanol–water partition coefficient (Wildman–Crippen LogP) is -0.0825. The molecular formula is C10H18N2O3. The highest BCUT2D eigenvalue weighted by atomic mass is 16.4. The van der Waals surface area contributed by atoms with Crippen molar-refractivity contribution in [2.45, 2.75) is 25.3 Å². The number of likely N-dealkylation sites (N-methyl/N-ethyl adjacent to an activating group) is 1. The molecule has 5 heteroatoms. The fourth-order valence-corrected chi connectivity index (χ4v) is 1.97. The maximum atomic E-state index is 11.4. The van der Waals surface area contributed by atoms with E-state index in [0.29, 0.717) is 13.0 Å². The van der Waals surface area contributed by atoms with Crippen LogP contribution >= 0.6 is 0 Å². The molecule has 1 saturated carbocycles. The van der Waals surface area contributed by atoms with E-state index >= 15 is 0 Å². The summed E-state index contributed by atoms with van der Waals surface area (Å²) in [4.78, 5) is 24.0. The average Bonchev–Trinajstić information content (AvgIpc) is 2.50. The van der Waals surface area contributed by atoms with E-state index in [0.717, 1.165) is 12.8 Å². The molecule has 5 nitrogen and oxygen atoms in total. The first-order chi connectivity index (χ1) is 7.00. The van der Waals surface area contributed by atoms with Crippen LogP contribution in [0.3, 0.4) is 0 Å². The Morgan fingerprint density at radius 1 is 1.40 bits per heavy atom. The molecule has 86 valence electrons. The van der Waals surface area contributed by atoms with Gasteiger partial charge in [-0.1, -0.05) is 6.42 Å². The van der Waals surface area contributed by atoms with Gasteiger partial charge in [0.15, 0.2) is 0 Å². The normalized spacial score (nSPS) is 25.5. The van der Waals surface area contributed by atoms with Crippen molar-refractivity contribution in [3.05, 3.63) is 0 Å². The molecule has 15 heavy (non-hydrogen) atoms. The van der Waals surface area contributed by atoms with Gasteiger partial charge in [0.05, 0.1) is 12.5 Å². The van der Waals surface area contributed by atoms with Gasteiger partial charge < -0.3 is 15.3 Å². The van der Waals surface area contributed by atoms with E-state index in [-0.39, 0.29) is 11.9 Å². The monoisotopic (exact) mass is 214 g/mol. The van der Waals surface area contributed by atoms with E-state index in [9.17, 15) is 9.59 Å². The summed E-state index contributed by atoms with van der Waals surface area (Å²) in [6.45, 7) is 0.308. The Labute approximate surface area is 89.4 Å². The number of hydrogen-bond acceptors (Lipinski definition) is 3. The number of hydrogen-bond donors (Lipinski definition) is 2. The summed E-state index contributed by atoms with van der Waals surface area (Å²) in [6, 6.07) is -0.185. The molecule has 2 atom stereocenters. The fraction of sp³-hybridized carbons (Fsp3) is 0.800. The molecule has 1 aliphatic rings. The van der Waals surface area contributed by atoms with Crippen LogP contribution in [-0.2, 0) is 9.59 Å². The van der Waals surface area contributed by atoms with Crippen molar-refractivity contribution in [1.29, 1.82) is 0 Å². The summed E-state index contributed by atoms with van der Waals surface area (Å²) in [6.07, 6.45) is 2.32. The lowest BCUT2D eigenvalue weighted by atomic mass is 10.0. The first-order valence-corrected chi connectivity index (χ1v) is 5.17. The summed E-state index contributed by atoms with van der Waals surface area (Å²) >= 11 is 0. The van der Waals surface area contributed by atoms with E-state index in [2.05, 4.69) is 5.32 Å². The molecule has 1 rings (SSSR count). The van der Waals surface area contributed by atoms with Crippen LogP contribution in [0.4, 0.5) is 0 Å². The second-order valence-electron chi connectivity index (χ2n) is 4.29. The second-order valence-corrected chi connectivity index (χ2v) is 4.29. The lowest BCUT2D eigenvalue weighted by molar-refractivity contribution is -0.142. The number of carboxylic acids is 1. The molecule has 0 heterocycles. The molecule has 0 aromatic rings. The molecular weight excluding hydrogens is 196 g/mol. The zero-order valence-corrected chi connectivity index (χ0v) is 9.19. The number of nitrogens with zero attached hydrogens (tertiary/aromatic N) is 1. The van der Waals surface area contributed by atoms with Gasteiger partial charge in [0.2, 0.25) is 5.91 Å². The average molecular weight is 214 g/mol. The van der Waals surface area contributed by atoms with E-state index in [1.165, 1.54) is 0 Å². The van der Waals surface area contributed by atoms with Crippen molar-refractivity contribution in [1.82, 2.24) is 10.2 Å². The number of carbonyl (C=O) groups excluding carboxylic acids is 1. The number of rotatable bonds is 4. The van der Waals surface area contributed by atoms with Crippen LogP contribution in [0.5, 0.6) is 0 Å². The molecule has 1 amide bonds. The van der Waals surface area contributed by atoms with Gasteiger partial charge in [-0.25, -0.2) is 0 Å². The Balaban J connectivity index is 2.43. The van der Waals surface area contributed by atoms with Crippen LogP contribution in [0.25, 0.3) is 0 Å². The minimum absolute atomic E-state index is 0.0989. The molecule has 0 aliphatic heterocycles. The molecule has 2 unspecified atom stereocenters. The largest absolute Gasteiger partial charge is 0.481 e. The quantitative estimate of drug-likeness (QED) is 0.686. The van der Waals surface area contributed by atoms with Gasteiger partial charge in [0, 0.05) is 6.04 Å². The first-order valence-electron chi connectivity index (χ1n) is 5.17. The van der Waals surface area contributed by atoms with Crippen molar-refractivity contribution in [3.63, 3.8) is 0 Å². The van der Waals surface area contributed by atoms with Gasteiger partial charge in [0.25, 0.3) is 0 Å². The van der Waals surface area contributed by atoms with Gasteiger partial charge >= 0.3 is 5.97 Å². The molecule has 2 N–H and O–H groups in total. The van der Waals surface area contributed by atoms with E-state index in [1.807, 2.05) is 14.1 Å². The Bertz CT molecular complexity index is 253. The number of carbonyl (C=O) groups is 2. The molecule has 1 aliphatic carbocycles. The summed E-state index contributed by atoms with van der Waals surface area (Å²) in [7, 11) is 3.62. The summed E-state index contributed by atoms with van der Waals surface area (Å²) < 4.78 is 0. The highest BCUT2D eigenvalue weighted by Gasteiger charge is 2.33. The van der Waals surface area contributed by atoms with Crippen molar-refractivity contribution in [2.75, 3.05) is 20.6 Å². The van der Waals surface area contributed by atoms with Crippen LogP contribution in [0.1, 0.15) is 19.3 Å². The van der Waals surface area contributed by atoms with Crippen molar-refractivity contribution in [3.8, 4) is 0 Å². The fourth-order valence-electron chi connectivity index (χ4n) is 1.97. The summed E-state index contributed by atoms with van der Waals surface area (Å²) in [5, 5.41) is 11.7. The van der Waals surface area contributed by atoms with Crippen LogP contribution in [-0.4, -0.2) is 48.6 Å². The highest BCUT2D eigenvalue weighted by molar-refractivity contribution is 5.79. The van der Waals surface area contributed by atoms with E-state index < -0.39 is 11.9 Å². The molecule has 0 spiro atoms. The Morgan fingerprint density at radius 2 is 2.07 bits per heavy atom. The molecule has 1 fully saturated rings. The van der Waals surface area contributed by atoms with Crippen LogP contribution < -0.4 is 5.32 Å². The van der Waals surface area contributed by atoms with Crippen LogP contribution in [0.2, 0.25) is 0 Å². The third-order valence-corrected chi connectivity index (χ3v) is 2.64.